The van der Waals surface area contributed by atoms with Crippen molar-refractivity contribution in [3.05, 3.63) is 0 Å². The van der Waals surface area contributed by atoms with Crippen LogP contribution in [0.3, 0.4) is 0 Å². The number of methoxy groups -OCH3 is 1. The summed E-state index contributed by atoms with van der Waals surface area (Å²) >= 11 is 1.89. The molecule has 0 aromatic rings. The van der Waals surface area contributed by atoms with E-state index in [9.17, 15) is 4.79 Å². The molecule has 0 saturated heterocycles. The molecule has 1 N–H and O–H groups in total. The van der Waals surface area contributed by atoms with E-state index in [1.54, 1.807) is 21.0 Å². The van der Waals surface area contributed by atoms with E-state index in [4.69, 9.17) is 4.74 Å². The minimum absolute atomic E-state index is 0.0426. The predicted molar refractivity (Wildman–Crippen MR) is 66.3 cm³/mol. The molecule has 0 aliphatic carbocycles. The van der Waals surface area contributed by atoms with Gasteiger partial charge in [-0.15, -0.1) is 0 Å². The molecule has 1 unspecified atom stereocenters. The zero-order valence-electron chi connectivity index (χ0n) is 10.4. The van der Waals surface area contributed by atoms with Gasteiger partial charge >= 0.3 is 0 Å². The Bertz CT molecular complexity index is 195. The Hall–Kier alpha value is -0.220. The molecule has 3 nitrogen and oxygen atoms in total. The lowest BCUT2D eigenvalue weighted by Gasteiger charge is -2.24. The van der Waals surface area contributed by atoms with Gasteiger partial charge in [0.05, 0.1) is 0 Å². The van der Waals surface area contributed by atoms with Gasteiger partial charge in [0.15, 0.2) is 0 Å². The van der Waals surface area contributed by atoms with Crippen LogP contribution in [0.25, 0.3) is 0 Å². The molecule has 0 bridgehead atoms. The van der Waals surface area contributed by atoms with Crippen molar-refractivity contribution in [1.29, 1.82) is 0 Å². The summed E-state index contributed by atoms with van der Waals surface area (Å²) in [5.74, 6) is 2.18. The smallest absolute Gasteiger partial charge is 0.251 e. The number of hydrogen-bond donors (Lipinski definition) is 1. The van der Waals surface area contributed by atoms with Crippen LogP contribution in [-0.2, 0) is 9.53 Å². The van der Waals surface area contributed by atoms with Crippen LogP contribution in [0.1, 0.15) is 34.1 Å². The maximum Gasteiger partial charge on any atom is 0.251 e. The lowest BCUT2D eigenvalue weighted by Crippen LogP contribution is -2.47. The molecule has 15 heavy (non-hydrogen) atoms. The van der Waals surface area contributed by atoms with Gasteiger partial charge in [0.25, 0.3) is 5.91 Å². The lowest BCUT2D eigenvalue weighted by atomic mass is 10.1. The molecule has 0 fully saturated rings. The Morgan fingerprint density at radius 3 is 2.60 bits per heavy atom. The topological polar surface area (TPSA) is 38.3 Å². The van der Waals surface area contributed by atoms with Crippen molar-refractivity contribution in [3.8, 4) is 0 Å². The Morgan fingerprint density at radius 1 is 1.53 bits per heavy atom. The average molecular weight is 233 g/mol. The third-order valence-electron chi connectivity index (χ3n) is 2.33. The number of hydrogen-bond acceptors (Lipinski definition) is 3. The van der Waals surface area contributed by atoms with E-state index in [1.807, 2.05) is 18.7 Å². The van der Waals surface area contributed by atoms with Crippen LogP contribution in [0.4, 0.5) is 0 Å². The van der Waals surface area contributed by atoms with E-state index < -0.39 is 5.60 Å². The SMILES string of the molecule is CCSCCC(C)NC(=O)C(C)(C)OC. The van der Waals surface area contributed by atoms with Gasteiger partial charge in [0.2, 0.25) is 0 Å². The maximum atomic E-state index is 11.7. The summed E-state index contributed by atoms with van der Waals surface area (Å²) in [4.78, 5) is 11.7. The third kappa shape index (κ3) is 6.05. The van der Waals surface area contributed by atoms with Gasteiger partial charge in [0, 0.05) is 13.2 Å². The second-order valence-corrected chi connectivity index (χ2v) is 5.47. The van der Waals surface area contributed by atoms with Gasteiger partial charge in [-0.1, -0.05) is 6.92 Å². The standard InChI is InChI=1S/C11H23NO2S/c1-6-15-8-7-9(2)12-10(13)11(3,4)14-5/h9H,6-8H2,1-5H3,(H,12,13). The van der Waals surface area contributed by atoms with Crippen LogP contribution in [0, 0.1) is 0 Å². The van der Waals surface area contributed by atoms with Gasteiger partial charge in [-0.3, -0.25) is 4.79 Å². The van der Waals surface area contributed by atoms with E-state index in [1.165, 1.54) is 0 Å². The molecule has 0 rings (SSSR count). The Balaban J connectivity index is 3.86. The summed E-state index contributed by atoms with van der Waals surface area (Å²) < 4.78 is 5.11. The van der Waals surface area contributed by atoms with Crippen molar-refractivity contribution in [1.82, 2.24) is 5.32 Å². The van der Waals surface area contributed by atoms with Gasteiger partial charge in [0.1, 0.15) is 5.60 Å². The van der Waals surface area contributed by atoms with Crippen molar-refractivity contribution in [2.45, 2.75) is 45.8 Å². The largest absolute Gasteiger partial charge is 0.369 e. The fraction of sp³-hybridized carbons (Fsp3) is 0.909. The molecule has 0 radical (unpaired) electrons. The van der Waals surface area contributed by atoms with E-state index in [2.05, 4.69) is 12.2 Å². The van der Waals surface area contributed by atoms with Crippen LogP contribution in [0.2, 0.25) is 0 Å². The number of amides is 1. The molecule has 0 saturated carbocycles. The summed E-state index contributed by atoms with van der Waals surface area (Å²) in [7, 11) is 1.55. The number of ether oxygens (including phenoxy) is 1. The summed E-state index contributed by atoms with van der Waals surface area (Å²) in [5, 5.41) is 2.95. The monoisotopic (exact) mass is 233 g/mol. The first-order valence-electron chi connectivity index (χ1n) is 5.38. The lowest BCUT2D eigenvalue weighted by molar-refractivity contribution is -0.140. The minimum Gasteiger partial charge on any atom is -0.369 e. The molecule has 0 aromatic heterocycles. The molecule has 0 aliphatic rings. The summed E-state index contributed by atoms with van der Waals surface area (Å²) in [6.07, 6.45) is 1.00. The molecular formula is C11H23NO2S. The van der Waals surface area contributed by atoms with Gasteiger partial charge in [-0.05, 0) is 38.7 Å². The quantitative estimate of drug-likeness (QED) is 0.684. The minimum atomic E-state index is -0.730. The number of carbonyl (C=O) groups excluding carboxylic acids is 1. The van der Waals surface area contributed by atoms with Crippen molar-refractivity contribution in [2.24, 2.45) is 0 Å². The zero-order chi connectivity index (χ0) is 11.9. The summed E-state index contributed by atoms with van der Waals surface area (Å²) in [6, 6.07) is 0.214. The first kappa shape index (κ1) is 14.8. The highest BCUT2D eigenvalue weighted by molar-refractivity contribution is 7.99. The van der Waals surface area contributed by atoms with E-state index in [0.717, 1.165) is 17.9 Å². The molecule has 1 amide bonds. The molecule has 0 heterocycles. The second kappa shape index (κ2) is 7.12. The van der Waals surface area contributed by atoms with E-state index in [-0.39, 0.29) is 11.9 Å². The molecule has 0 spiro atoms. The first-order chi connectivity index (χ1) is 6.94. The molecule has 0 aliphatic heterocycles. The maximum absolute atomic E-state index is 11.7. The normalized spacial score (nSPS) is 13.7. The highest BCUT2D eigenvalue weighted by atomic mass is 32.2. The van der Waals surface area contributed by atoms with Gasteiger partial charge < -0.3 is 10.1 Å². The molecule has 0 aromatic carbocycles. The first-order valence-corrected chi connectivity index (χ1v) is 6.53. The van der Waals surface area contributed by atoms with Crippen molar-refractivity contribution >= 4 is 17.7 Å². The third-order valence-corrected chi connectivity index (χ3v) is 3.27. The molecule has 90 valence electrons. The number of nitrogens with one attached hydrogen (secondary N) is 1. The van der Waals surface area contributed by atoms with Gasteiger partial charge in [-0.25, -0.2) is 0 Å². The van der Waals surface area contributed by atoms with E-state index in [0.29, 0.717) is 0 Å². The fourth-order valence-electron chi connectivity index (χ4n) is 0.967. The van der Waals surface area contributed by atoms with Crippen LogP contribution in [0.15, 0.2) is 0 Å². The number of thioether (sulfide) groups is 1. The number of carbonyl (C=O) groups is 1. The molecule has 1 atom stereocenters. The number of rotatable bonds is 7. The van der Waals surface area contributed by atoms with Crippen LogP contribution >= 0.6 is 11.8 Å². The van der Waals surface area contributed by atoms with Crippen molar-refractivity contribution in [3.63, 3.8) is 0 Å². The molecular weight excluding hydrogens is 210 g/mol. The summed E-state index contributed by atoms with van der Waals surface area (Å²) in [5.41, 5.74) is -0.730. The average Bonchev–Trinajstić information content (AvgIpc) is 2.18. The Labute approximate surface area is 97.3 Å². The van der Waals surface area contributed by atoms with Crippen molar-refractivity contribution in [2.75, 3.05) is 18.6 Å². The van der Waals surface area contributed by atoms with Crippen molar-refractivity contribution < 1.29 is 9.53 Å². The fourth-order valence-corrected chi connectivity index (χ4v) is 1.78. The highest BCUT2D eigenvalue weighted by Gasteiger charge is 2.27. The molecule has 4 heteroatoms. The zero-order valence-corrected chi connectivity index (χ0v) is 11.2. The highest BCUT2D eigenvalue weighted by Crippen LogP contribution is 2.09. The Kier molecular flexibility index (Phi) is 7.02. The summed E-state index contributed by atoms with van der Waals surface area (Å²) in [6.45, 7) is 7.72. The second-order valence-electron chi connectivity index (χ2n) is 4.07. The van der Waals surface area contributed by atoms with Crippen LogP contribution in [0.5, 0.6) is 0 Å². The van der Waals surface area contributed by atoms with Crippen LogP contribution < -0.4 is 5.32 Å². The van der Waals surface area contributed by atoms with E-state index >= 15 is 0 Å². The predicted octanol–water partition coefficient (Wildman–Crippen LogP) is 2.06. The Morgan fingerprint density at radius 2 is 2.13 bits per heavy atom. The van der Waals surface area contributed by atoms with Crippen LogP contribution in [-0.4, -0.2) is 36.2 Å². The van der Waals surface area contributed by atoms with Gasteiger partial charge in [-0.2, -0.15) is 11.8 Å².